The molecule has 4 nitrogen and oxygen atoms in total. The summed E-state index contributed by atoms with van der Waals surface area (Å²) < 4.78 is 65.7. The largest absolute Gasteiger partial charge is 0.501 e. The minimum atomic E-state index is -5.35. The van der Waals surface area contributed by atoms with Crippen LogP contribution in [0, 0.1) is 0 Å². The lowest BCUT2D eigenvalue weighted by molar-refractivity contribution is -0.0435. The Bertz CT molecular complexity index is 551. The monoisotopic (exact) mass is 295 g/mol. The number of hydrogen-bond donors (Lipinski definition) is 1. The zero-order valence-electron chi connectivity index (χ0n) is 9.77. The number of alkyl halides is 3. The van der Waals surface area contributed by atoms with Crippen molar-refractivity contribution >= 4 is 15.5 Å². The van der Waals surface area contributed by atoms with Gasteiger partial charge in [0.15, 0.2) is 0 Å². The molecule has 0 bridgehead atoms. The van der Waals surface area contributed by atoms with E-state index in [4.69, 9.17) is 4.74 Å². The molecular formula is C11H12F3NO3S. The van der Waals surface area contributed by atoms with E-state index in [0.717, 1.165) is 6.07 Å². The van der Waals surface area contributed by atoms with Gasteiger partial charge in [-0.3, -0.25) is 0 Å². The average Bonchev–Trinajstić information content (AvgIpc) is 2.81. The number of ether oxygens (including phenoxy) is 1. The summed E-state index contributed by atoms with van der Waals surface area (Å²) in [7, 11) is -5.35. The Morgan fingerprint density at radius 3 is 2.53 bits per heavy atom. The molecule has 106 valence electrons. The fourth-order valence-corrected chi connectivity index (χ4v) is 2.74. The number of halogens is 3. The first-order valence-corrected chi connectivity index (χ1v) is 7.05. The molecule has 1 aromatic rings. The zero-order valence-corrected chi connectivity index (χ0v) is 10.6. The standard InChI is InChI=1S/C11H12F3NO3S/c12-11(13,14)19(16,17)10-4-2-1-3-9(10)15-8-5-6-18-7-8/h1-4,8,15H,5-7H2. The SMILES string of the molecule is O=S(=O)(c1ccccc1NC1CCOC1)C(F)(F)F. The van der Waals surface area contributed by atoms with Crippen LogP contribution in [0.5, 0.6) is 0 Å². The van der Waals surface area contributed by atoms with Crippen LogP contribution in [0.1, 0.15) is 6.42 Å². The second kappa shape index (κ2) is 5.01. The van der Waals surface area contributed by atoms with Crippen molar-refractivity contribution in [2.24, 2.45) is 0 Å². The van der Waals surface area contributed by atoms with Crippen LogP contribution in [-0.4, -0.2) is 33.2 Å². The number of para-hydroxylation sites is 1. The van der Waals surface area contributed by atoms with Crippen LogP contribution in [-0.2, 0) is 14.6 Å². The van der Waals surface area contributed by atoms with Gasteiger partial charge in [0.2, 0.25) is 0 Å². The van der Waals surface area contributed by atoms with E-state index >= 15 is 0 Å². The maximum absolute atomic E-state index is 12.6. The summed E-state index contributed by atoms with van der Waals surface area (Å²) in [6.07, 6.45) is 0.625. The molecule has 0 saturated carbocycles. The Kier molecular flexibility index (Phi) is 3.73. The van der Waals surface area contributed by atoms with E-state index < -0.39 is 20.2 Å². The van der Waals surface area contributed by atoms with Crippen LogP contribution >= 0.6 is 0 Å². The van der Waals surface area contributed by atoms with Crippen molar-refractivity contribution in [1.29, 1.82) is 0 Å². The molecule has 1 saturated heterocycles. The molecule has 0 radical (unpaired) electrons. The van der Waals surface area contributed by atoms with Gasteiger partial charge in [0.25, 0.3) is 9.84 Å². The predicted molar refractivity (Wildman–Crippen MR) is 62.5 cm³/mol. The molecule has 1 heterocycles. The highest BCUT2D eigenvalue weighted by molar-refractivity contribution is 7.92. The van der Waals surface area contributed by atoms with E-state index in [1.165, 1.54) is 18.2 Å². The van der Waals surface area contributed by atoms with E-state index in [1.807, 2.05) is 0 Å². The topological polar surface area (TPSA) is 55.4 Å². The van der Waals surface area contributed by atoms with E-state index in [-0.39, 0.29) is 11.7 Å². The number of anilines is 1. The molecule has 1 N–H and O–H groups in total. The molecule has 8 heteroatoms. The van der Waals surface area contributed by atoms with Crippen molar-refractivity contribution in [3.05, 3.63) is 24.3 Å². The Labute approximate surface area is 108 Å². The molecule has 1 fully saturated rings. The van der Waals surface area contributed by atoms with Gasteiger partial charge < -0.3 is 10.1 Å². The highest BCUT2D eigenvalue weighted by Crippen LogP contribution is 2.34. The normalized spacial score (nSPS) is 20.5. The van der Waals surface area contributed by atoms with Crippen molar-refractivity contribution in [3.8, 4) is 0 Å². The molecule has 0 amide bonds. The lowest BCUT2D eigenvalue weighted by atomic mass is 10.2. The molecule has 1 aliphatic rings. The first kappa shape index (κ1) is 14.1. The minimum absolute atomic E-state index is 0.0460. The summed E-state index contributed by atoms with van der Waals surface area (Å²) >= 11 is 0. The van der Waals surface area contributed by atoms with E-state index in [9.17, 15) is 21.6 Å². The maximum atomic E-state index is 12.6. The highest BCUT2D eigenvalue weighted by Gasteiger charge is 2.48. The smallest absolute Gasteiger partial charge is 0.379 e. The first-order chi connectivity index (χ1) is 8.82. The quantitative estimate of drug-likeness (QED) is 0.928. The molecule has 0 aliphatic carbocycles. The third-order valence-electron chi connectivity index (χ3n) is 2.77. The minimum Gasteiger partial charge on any atom is -0.379 e. The molecular weight excluding hydrogens is 283 g/mol. The maximum Gasteiger partial charge on any atom is 0.501 e. The average molecular weight is 295 g/mol. The number of hydrogen-bond acceptors (Lipinski definition) is 4. The molecule has 0 spiro atoms. The number of rotatable bonds is 3. The van der Waals surface area contributed by atoms with Crippen LogP contribution in [0.3, 0.4) is 0 Å². The van der Waals surface area contributed by atoms with Crippen molar-refractivity contribution < 1.29 is 26.3 Å². The molecule has 0 aromatic heterocycles. The van der Waals surface area contributed by atoms with Gasteiger partial charge in [0.05, 0.1) is 23.2 Å². The van der Waals surface area contributed by atoms with Gasteiger partial charge in [-0.1, -0.05) is 12.1 Å². The van der Waals surface area contributed by atoms with Gasteiger partial charge >= 0.3 is 5.51 Å². The predicted octanol–water partition coefficient (Wildman–Crippen LogP) is 2.18. The van der Waals surface area contributed by atoms with E-state index in [0.29, 0.717) is 19.6 Å². The lowest BCUT2D eigenvalue weighted by Crippen LogP contribution is -2.26. The summed E-state index contributed by atoms with van der Waals surface area (Å²) in [6, 6.07) is 4.82. The second-order valence-corrected chi connectivity index (χ2v) is 6.06. The van der Waals surface area contributed by atoms with Crippen LogP contribution < -0.4 is 5.32 Å². The van der Waals surface area contributed by atoms with Crippen LogP contribution in [0.4, 0.5) is 18.9 Å². The molecule has 1 unspecified atom stereocenters. The fourth-order valence-electron chi connectivity index (χ4n) is 1.81. The summed E-state index contributed by atoms with van der Waals surface area (Å²) in [5.74, 6) is 0. The third-order valence-corrected chi connectivity index (χ3v) is 4.32. The molecule has 2 rings (SSSR count). The van der Waals surface area contributed by atoms with Gasteiger partial charge in [0, 0.05) is 6.61 Å². The Morgan fingerprint density at radius 2 is 1.95 bits per heavy atom. The Morgan fingerprint density at radius 1 is 1.26 bits per heavy atom. The number of sulfone groups is 1. The summed E-state index contributed by atoms with van der Waals surface area (Å²) in [5, 5.41) is 2.78. The summed E-state index contributed by atoms with van der Waals surface area (Å²) in [5.41, 5.74) is -5.35. The van der Waals surface area contributed by atoms with Crippen LogP contribution in [0.15, 0.2) is 29.2 Å². The molecule has 19 heavy (non-hydrogen) atoms. The fraction of sp³-hybridized carbons (Fsp3) is 0.455. The van der Waals surface area contributed by atoms with Crippen molar-refractivity contribution in [2.45, 2.75) is 22.9 Å². The van der Waals surface area contributed by atoms with Gasteiger partial charge in [0.1, 0.15) is 0 Å². The second-order valence-electron chi connectivity index (χ2n) is 4.15. The zero-order chi connectivity index (χ0) is 14.1. The Balaban J connectivity index is 2.36. The summed E-state index contributed by atoms with van der Waals surface area (Å²) in [6.45, 7) is 0.853. The van der Waals surface area contributed by atoms with Gasteiger partial charge in [-0.25, -0.2) is 8.42 Å². The van der Waals surface area contributed by atoms with Crippen LogP contribution in [0.2, 0.25) is 0 Å². The van der Waals surface area contributed by atoms with Crippen molar-refractivity contribution in [3.63, 3.8) is 0 Å². The molecule has 1 aromatic carbocycles. The van der Waals surface area contributed by atoms with Crippen LogP contribution in [0.25, 0.3) is 0 Å². The molecule has 1 aliphatic heterocycles. The number of nitrogens with one attached hydrogen (secondary N) is 1. The van der Waals surface area contributed by atoms with Gasteiger partial charge in [-0.2, -0.15) is 13.2 Å². The van der Waals surface area contributed by atoms with E-state index in [2.05, 4.69) is 5.32 Å². The number of benzene rings is 1. The lowest BCUT2D eigenvalue weighted by Gasteiger charge is -2.17. The Hall–Kier alpha value is -1.28. The van der Waals surface area contributed by atoms with E-state index in [1.54, 1.807) is 0 Å². The van der Waals surface area contributed by atoms with Gasteiger partial charge in [-0.15, -0.1) is 0 Å². The first-order valence-electron chi connectivity index (χ1n) is 5.57. The van der Waals surface area contributed by atoms with Crippen molar-refractivity contribution in [2.75, 3.05) is 18.5 Å². The third kappa shape index (κ3) is 2.84. The molecule has 1 atom stereocenters. The summed E-state index contributed by atoms with van der Waals surface area (Å²) in [4.78, 5) is -0.755. The van der Waals surface area contributed by atoms with Crippen molar-refractivity contribution in [1.82, 2.24) is 0 Å². The highest BCUT2D eigenvalue weighted by atomic mass is 32.2. The van der Waals surface area contributed by atoms with Gasteiger partial charge in [-0.05, 0) is 18.6 Å².